The highest BCUT2D eigenvalue weighted by Crippen LogP contribution is 2.13. The summed E-state index contributed by atoms with van der Waals surface area (Å²) in [6.45, 7) is 8.91. The van der Waals surface area contributed by atoms with Gasteiger partial charge in [0, 0.05) is 25.4 Å². The van der Waals surface area contributed by atoms with Crippen LogP contribution in [0.4, 0.5) is 0 Å². The lowest BCUT2D eigenvalue weighted by Gasteiger charge is -2.30. The molecule has 1 rings (SSSR count). The number of hydrogen-bond acceptors (Lipinski definition) is 3. The third-order valence-electron chi connectivity index (χ3n) is 3.79. The molecule has 1 saturated heterocycles. The van der Waals surface area contributed by atoms with Crippen LogP contribution in [0.15, 0.2) is 0 Å². The van der Waals surface area contributed by atoms with Crippen LogP contribution in [-0.2, 0) is 4.79 Å². The Balaban J connectivity index is 2.35. The molecule has 0 aromatic heterocycles. The van der Waals surface area contributed by atoms with Crippen molar-refractivity contribution in [1.82, 2.24) is 9.80 Å². The second kappa shape index (κ2) is 7.83. The average molecular weight is 240 g/mol. The summed E-state index contributed by atoms with van der Waals surface area (Å²) in [5, 5.41) is 0. The van der Waals surface area contributed by atoms with Crippen molar-refractivity contribution in [3.8, 4) is 0 Å². The van der Waals surface area contributed by atoms with Crippen molar-refractivity contribution in [3.05, 3.63) is 0 Å². The highest BCUT2D eigenvalue weighted by molar-refractivity contribution is 5.77. The number of Topliss-reactive ketones (excluding diaryl/α,β-unsaturated/α-hetero) is 1. The Morgan fingerprint density at radius 1 is 1.29 bits per heavy atom. The molecule has 1 fully saturated rings. The first-order valence-electron chi connectivity index (χ1n) is 7.11. The third kappa shape index (κ3) is 5.17. The molecule has 0 radical (unpaired) electrons. The van der Waals surface area contributed by atoms with Crippen LogP contribution in [0.25, 0.3) is 0 Å². The second-order valence-electron chi connectivity index (χ2n) is 5.21. The summed E-state index contributed by atoms with van der Waals surface area (Å²) in [6, 6.07) is 0.680. The van der Waals surface area contributed by atoms with Crippen LogP contribution in [-0.4, -0.2) is 54.9 Å². The van der Waals surface area contributed by atoms with Crippen molar-refractivity contribution >= 4 is 5.78 Å². The minimum atomic E-state index is 0.407. The lowest BCUT2D eigenvalue weighted by Crippen LogP contribution is -2.40. The fraction of sp³-hybridized carbons (Fsp3) is 0.929. The van der Waals surface area contributed by atoms with E-state index in [9.17, 15) is 4.79 Å². The lowest BCUT2D eigenvalue weighted by atomic mass is 10.1. The molecule has 0 spiro atoms. The van der Waals surface area contributed by atoms with Crippen LogP contribution >= 0.6 is 0 Å². The summed E-state index contributed by atoms with van der Waals surface area (Å²) in [5.41, 5.74) is 0. The zero-order valence-corrected chi connectivity index (χ0v) is 11.7. The summed E-state index contributed by atoms with van der Waals surface area (Å²) in [7, 11) is 2.22. The SMILES string of the molecule is CCC(=O)CCCN1CCCN(C)CC1CC. The maximum absolute atomic E-state index is 11.3. The van der Waals surface area contributed by atoms with Crippen LogP contribution in [0.3, 0.4) is 0 Å². The summed E-state index contributed by atoms with van der Waals surface area (Å²) in [5.74, 6) is 0.407. The monoisotopic (exact) mass is 240 g/mol. The molecule has 1 heterocycles. The van der Waals surface area contributed by atoms with Gasteiger partial charge in [-0.05, 0) is 45.9 Å². The topological polar surface area (TPSA) is 23.6 Å². The molecule has 100 valence electrons. The normalized spacial score (nSPS) is 23.6. The average Bonchev–Trinajstić information content (AvgIpc) is 2.50. The van der Waals surface area contributed by atoms with Gasteiger partial charge in [0.05, 0.1) is 0 Å². The molecule has 0 aromatic carbocycles. The van der Waals surface area contributed by atoms with Crippen molar-refractivity contribution in [2.75, 3.05) is 33.2 Å². The van der Waals surface area contributed by atoms with Gasteiger partial charge >= 0.3 is 0 Å². The Hall–Kier alpha value is -0.410. The van der Waals surface area contributed by atoms with Gasteiger partial charge in [-0.1, -0.05) is 13.8 Å². The van der Waals surface area contributed by atoms with Crippen molar-refractivity contribution in [2.24, 2.45) is 0 Å². The number of likely N-dealkylation sites (N-methyl/N-ethyl adjacent to an activating group) is 1. The van der Waals surface area contributed by atoms with E-state index in [0.29, 0.717) is 18.2 Å². The van der Waals surface area contributed by atoms with Crippen LogP contribution in [0.5, 0.6) is 0 Å². The van der Waals surface area contributed by atoms with Crippen LogP contribution in [0, 0.1) is 0 Å². The Bertz CT molecular complexity index is 230. The molecule has 0 N–H and O–H groups in total. The van der Waals surface area contributed by atoms with Crippen LogP contribution in [0.2, 0.25) is 0 Å². The van der Waals surface area contributed by atoms with Crippen molar-refractivity contribution in [1.29, 1.82) is 0 Å². The molecule has 0 amide bonds. The van der Waals surface area contributed by atoms with E-state index in [1.807, 2.05) is 6.92 Å². The number of carbonyl (C=O) groups excluding carboxylic acids is 1. The molecule has 1 unspecified atom stereocenters. The van der Waals surface area contributed by atoms with E-state index in [1.54, 1.807) is 0 Å². The molecule has 3 heteroatoms. The smallest absolute Gasteiger partial charge is 0.132 e. The highest BCUT2D eigenvalue weighted by atomic mass is 16.1. The van der Waals surface area contributed by atoms with Gasteiger partial charge in [0.15, 0.2) is 0 Å². The Morgan fingerprint density at radius 2 is 2.06 bits per heavy atom. The van der Waals surface area contributed by atoms with Gasteiger partial charge < -0.3 is 4.90 Å². The van der Waals surface area contributed by atoms with E-state index < -0.39 is 0 Å². The lowest BCUT2D eigenvalue weighted by molar-refractivity contribution is -0.118. The predicted octanol–water partition coefficient (Wildman–Crippen LogP) is 2.16. The number of nitrogens with zero attached hydrogens (tertiary/aromatic N) is 2. The van der Waals surface area contributed by atoms with E-state index in [-0.39, 0.29) is 0 Å². The number of carbonyl (C=O) groups is 1. The third-order valence-corrected chi connectivity index (χ3v) is 3.79. The zero-order valence-electron chi connectivity index (χ0n) is 11.7. The van der Waals surface area contributed by atoms with E-state index in [4.69, 9.17) is 0 Å². The molecule has 17 heavy (non-hydrogen) atoms. The molecular weight excluding hydrogens is 212 g/mol. The Morgan fingerprint density at radius 3 is 2.71 bits per heavy atom. The molecule has 0 aliphatic carbocycles. The summed E-state index contributed by atoms with van der Waals surface area (Å²) in [6.07, 6.45) is 4.97. The molecule has 1 aliphatic heterocycles. The first-order chi connectivity index (χ1) is 8.17. The van der Waals surface area contributed by atoms with Crippen LogP contribution in [0.1, 0.15) is 46.0 Å². The first kappa shape index (κ1) is 14.7. The van der Waals surface area contributed by atoms with E-state index >= 15 is 0 Å². The second-order valence-corrected chi connectivity index (χ2v) is 5.21. The fourth-order valence-electron chi connectivity index (χ4n) is 2.63. The van der Waals surface area contributed by atoms with Crippen molar-refractivity contribution in [2.45, 2.75) is 52.0 Å². The standard InChI is InChI=1S/C14H28N2O/c1-4-13-12-15(3)9-7-11-16(13)10-6-8-14(17)5-2/h13H,4-12H2,1-3H3. The minimum absolute atomic E-state index is 0.407. The number of ketones is 1. The highest BCUT2D eigenvalue weighted by Gasteiger charge is 2.21. The summed E-state index contributed by atoms with van der Waals surface area (Å²) in [4.78, 5) is 16.3. The quantitative estimate of drug-likeness (QED) is 0.711. The van der Waals surface area contributed by atoms with Gasteiger partial charge in [0.25, 0.3) is 0 Å². The summed E-state index contributed by atoms with van der Waals surface area (Å²) < 4.78 is 0. The van der Waals surface area contributed by atoms with Gasteiger partial charge in [-0.25, -0.2) is 0 Å². The molecule has 1 atom stereocenters. The Kier molecular flexibility index (Phi) is 6.75. The van der Waals surface area contributed by atoms with E-state index in [1.165, 1.54) is 32.5 Å². The molecule has 1 aliphatic rings. The molecule has 0 aromatic rings. The van der Waals surface area contributed by atoms with Gasteiger partial charge in [-0.2, -0.15) is 0 Å². The number of hydrogen-bond donors (Lipinski definition) is 0. The Labute approximate surface area is 106 Å². The largest absolute Gasteiger partial charge is 0.305 e. The van der Waals surface area contributed by atoms with Crippen molar-refractivity contribution < 1.29 is 4.79 Å². The molecule has 0 bridgehead atoms. The van der Waals surface area contributed by atoms with E-state index in [2.05, 4.69) is 23.8 Å². The summed E-state index contributed by atoms with van der Waals surface area (Å²) >= 11 is 0. The van der Waals surface area contributed by atoms with Gasteiger partial charge in [0.2, 0.25) is 0 Å². The van der Waals surface area contributed by atoms with E-state index in [0.717, 1.165) is 19.4 Å². The zero-order chi connectivity index (χ0) is 12.7. The maximum atomic E-state index is 11.3. The number of rotatable bonds is 6. The van der Waals surface area contributed by atoms with Crippen LogP contribution < -0.4 is 0 Å². The molecular formula is C14H28N2O. The van der Waals surface area contributed by atoms with Gasteiger partial charge in [0.1, 0.15) is 5.78 Å². The minimum Gasteiger partial charge on any atom is -0.305 e. The first-order valence-corrected chi connectivity index (χ1v) is 7.11. The van der Waals surface area contributed by atoms with Gasteiger partial charge in [-0.15, -0.1) is 0 Å². The van der Waals surface area contributed by atoms with Gasteiger partial charge in [-0.3, -0.25) is 9.69 Å². The van der Waals surface area contributed by atoms with Crippen molar-refractivity contribution in [3.63, 3.8) is 0 Å². The molecule has 3 nitrogen and oxygen atoms in total. The fourth-order valence-corrected chi connectivity index (χ4v) is 2.63. The maximum Gasteiger partial charge on any atom is 0.132 e. The predicted molar refractivity (Wildman–Crippen MR) is 72.3 cm³/mol. The molecule has 0 saturated carbocycles.